The molecule has 2 N–H and O–H groups in total. The molecule has 0 saturated carbocycles. The molecule has 2 heterocycles. The van der Waals surface area contributed by atoms with Gasteiger partial charge in [-0.2, -0.15) is 13.2 Å². The Hall–Kier alpha value is -3.47. The Labute approximate surface area is 237 Å². The molecular weight excluding hydrogens is 564 g/mol. The first-order chi connectivity index (χ1) is 19.1. The quantitative estimate of drug-likeness (QED) is 0.191. The third-order valence-electron chi connectivity index (χ3n) is 6.91. The number of hydrogen-bond donors (Lipinski definition) is 1. The molecule has 1 aliphatic heterocycles. The van der Waals surface area contributed by atoms with Gasteiger partial charge in [-0.05, 0) is 97.2 Å². The van der Waals surface area contributed by atoms with Crippen LogP contribution >= 0.6 is 23.5 Å². The van der Waals surface area contributed by atoms with E-state index in [4.69, 9.17) is 17.3 Å². The molecule has 2 aliphatic rings. The lowest BCUT2D eigenvalue weighted by Crippen LogP contribution is -2.49. The fraction of sp³-hybridized carbons (Fsp3) is 0.207. The van der Waals surface area contributed by atoms with Crippen molar-refractivity contribution in [3.05, 3.63) is 112 Å². The molecule has 206 valence electrons. The number of nitrogens with two attached hydrogens (primary N) is 1. The van der Waals surface area contributed by atoms with Crippen LogP contribution in [0.3, 0.4) is 0 Å². The molecule has 1 fully saturated rings. The summed E-state index contributed by atoms with van der Waals surface area (Å²) in [4.78, 5) is 23.4. The number of rotatable bonds is 5. The van der Waals surface area contributed by atoms with Gasteiger partial charge in [0.25, 0.3) is 0 Å². The van der Waals surface area contributed by atoms with Crippen molar-refractivity contribution in [3.8, 4) is 0 Å². The molecule has 2 aromatic carbocycles. The maximum absolute atomic E-state index is 14.1. The molecule has 1 aliphatic carbocycles. The van der Waals surface area contributed by atoms with Gasteiger partial charge in [-0.15, -0.1) is 0 Å². The van der Waals surface area contributed by atoms with Crippen molar-refractivity contribution in [2.24, 2.45) is 16.1 Å². The van der Waals surface area contributed by atoms with Gasteiger partial charge in [-0.25, -0.2) is 13.7 Å². The smallest absolute Gasteiger partial charge is 0.404 e. The predicted molar refractivity (Wildman–Crippen MR) is 148 cm³/mol. The van der Waals surface area contributed by atoms with Gasteiger partial charge in [0.1, 0.15) is 11.5 Å². The summed E-state index contributed by atoms with van der Waals surface area (Å²) in [6, 6.07) is 14.6. The normalized spacial score (nSPS) is 21.8. The lowest BCUT2D eigenvalue weighted by molar-refractivity contribution is -0.137. The van der Waals surface area contributed by atoms with Crippen LogP contribution in [0.15, 0.2) is 100 Å². The number of Topliss-reactive ketones (excluding diaryl/α,β-unsaturated/α-hetero) is 1. The van der Waals surface area contributed by atoms with Crippen molar-refractivity contribution < 1.29 is 22.4 Å². The minimum absolute atomic E-state index is 0.211. The number of carbonyl (C=O) groups is 1. The monoisotopic (exact) mass is 586 g/mol. The Morgan fingerprint density at radius 1 is 1.15 bits per heavy atom. The average molecular weight is 587 g/mol. The minimum Gasteiger partial charge on any atom is -0.404 e. The van der Waals surface area contributed by atoms with Gasteiger partial charge >= 0.3 is 6.18 Å². The van der Waals surface area contributed by atoms with Gasteiger partial charge in [0.2, 0.25) is 0 Å². The fourth-order valence-electron chi connectivity index (χ4n) is 4.97. The highest BCUT2D eigenvalue weighted by Gasteiger charge is 2.49. The highest BCUT2D eigenvalue weighted by molar-refractivity contribution is 7.97. The lowest BCUT2D eigenvalue weighted by atomic mass is 9.64. The number of halogens is 5. The molecule has 1 aromatic heterocycles. The Morgan fingerprint density at radius 3 is 2.60 bits per heavy atom. The minimum atomic E-state index is -4.59. The zero-order chi connectivity index (χ0) is 28.5. The van der Waals surface area contributed by atoms with E-state index in [0.29, 0.717) is 34.8 Å². The first-order valence-corrected chi connectivity index (χ1v) is 13.5. The zero-order valence-corrected chi connectivity index (χ0v) is 22.5. The number of pyridine rings is 1. The number of benzene rings is 2. The van der Waals surface area contributed by atoms with Crippen LogP contribution in [0.2, 0.25) is 5.02 Å². The average Bonchev–Trinajstić information content (AvgIpc) is 2.94. The molecule has 1 unspecified atom stereocenters. The highest BCUT2D eigenvalue weighted by atomic mass is 35.5. The molecule has 3 aromatic rings. The molecule has 0 amide bonds. The largest absolute Gasteiger partial charge is 0.417 e. The molecule has 11 heteroatoms. The summed E-state index contributed by atoms with van der Waals surface area (Å²) >= 11 is 6.95. The molecule has 0 spiro atoms. The number of aliphatic imine (C=N–C) groups is 1. The summed E-state index contributed by atoms with van der Waals surface area (Å²) < 4.78 is 55.7. The number of allylic oxidation sites excluding steroid dienone is 2. The number of aromatic nitrogens is 1. The summed E-state index contributed by atoms with van der Waals surface area (Å²) in [6.45, 7) is 0.688. The van der Waals surface area contributed by atoms with Gasteiger partial charge < -0.3 is 5.73 Å². The zero-order valence-electron chi connectivity index (χ0n) is 21.0. The fourth-order valence-corrected chi connectivity index (χ4v) is 6.26. The molecular formula is C29H23ClF4N4OS. The number of ketones is 1. The second-order valence-electron chi connectivity index (χ2n) is 9.48. The third-order valence-corrected chi connectivity index (χ3v) is 8.28. The first kappa shape index (κ1) is 28.1. The van der Waals surface area contributed by atoms with Gasteiger partial charge in [0.05, 0.1) is 27.4 Å². The van der Waals surface area contributed by atoms with E-state index in [1.54, 1.807) is 36.5 Å². The molecule has 0 radical (unpaired) electrons. The van der Waals surface area contributed by atoms with Crippen LogP contribution in [0.25, 0.3) is 0 Å². The molecule has 5 rings (SSSR count). The second-order valence-corrected chi connectivity index (χ2v) is 11.1. The number of piperidine rings is 1. The van der Waals surface area contributed by atoms with Crippen LogP contribution in [-0.2, 0) is 6.18 Å². The Balaban J connectivity index is 1.53. The van der Waals surface area contributed by atoms with E-state index in [0.717, 1.165) is 23.6 Å². The van der Waals surface area contributed by atoms with Crippen molar-refractivity contribution in [1.82, 2.24) is 9.29 Å². The van der Waals surface area contributed by atoms with Crippen LogP contribution in [-0.4, -0.2) is 33.9 Å². The van der Waals surface area contributed by atoms with E-state index in [1.165, 1.54) is 30.5 Å². The maximum Gasteiger partial charge on any atom is 0.417 e. The SMILES string of the molecule is NC=C1CC2(C(=O)c3ccccn3)CN(Sc3ccc(Cl)c(C(F)(F)F)c3)CCC2=CC1=Nc1ccc(F)cc1. The van der Waals surface area contributed by atoms with Crippen LogP contribution in [0.1, 0.15) is 28.9 Å². The van der Waals surface area contributed by atoms with Crippen molar-refractivity contribution in [2.45, 2.75) is 23.9 Å². The van der Waals surface area contributed by atoms with Gasteiger partial charge in [0.15, 0.2) is 5.78 Å². The van der Waals surface area contributed by atoms with E-state index >= 15 is 0 Å². The van der Waals surface area contributed by atoms with Crippen molar-refractivity contribution >= 4 is 40.7 Å². The van der Waals surface area contributed by atoms with E-state index in [9.17, 15) is 22.4 Å². The number of alkyl halides is 3. The van der Waals surface area contributed by atoms with Crippen LogP contribution in [0, 0.1) is 11.2 Å². The summed E-state index contributed by atoms with van der Waals surface area (Å²) in [5.41, 5.74) is 6.88. The number of nitrogens with zero attached hydrogens (tertiary/aromatic N) is 3. The Kier molecular flexibility index (Phi) is 7.85. The molecule has 40 heavy (non-hydrogen) atoms. The van der Waals surface area contributed by atoms with Crippen molar-refractivity contribution in [1.29, 1.82) is 0 Å². The van der Waals surface area contributed by atoms with E-state index in [1.807, 2.05) is 10.4 Å². The lowest BCUT2D eigenvalue weighted by Gasteiger charge is -2.45. The summed E-state index contributed by atoms with van der Waals surface area (Å²) in [5.74, 6) is -0.592. The highest BCUT2D eigenvalue weighted by Crippen LogP contribution is 2.49. The van der Waals surface area contributed by atoms with Crippen LogP contribution in [0.4, 0.5) is 23.2 Å². The second kappa shape index (κ2) is 11.2. The molecule has 1 saturated heterocycles. The predicted octanol–water partition coefficient (Wildman–Crippen LogP) is 7.42. The topological polar surface area (TPSA) is 71.6 Å². The van der Waals surface area contributed by atoms with Crippen molar-refractivity contribution in [2.75, 3.05) is 13.1 Å². The Bertz CT molecular complexity index is 1520. The number of carbonyl (C=O) groups excluding carboxylic acids is 1. The summed E-state index contributed by atoms with van der Waals surface area (Å²) in [5, 5.41) is -0.375. The first-order valence-electron chi connectivity index (χ1n) is 12.3. The standard InChI is InChI=1S/C29H23ClF4N4OS/c30-24-9-8-22(14-23(24)29(32,33)34)40-38-12-10-19-13-26(37-21-6-4-20(31)5-7-21)18(16-35)15-28(19,17-38)27(39)25-3-1-2-11-36-25/h1-9,11,13-14,16H,10,12,15,17,35H2. The Morgan fingerprint density at radius 2 is 1.93 bits per heavy atom. The van der Waals surface area contributed by atoms with Crippen LogP contribution < -0.4 is 5.73 Å². The number of fused-ring (bicyclic) bond motifs is 1. The maximum atomic E-state index is 14.1. The molecule has 0 bridgehead atoms. The van der Waals surface area contributed by atoms with E-state index in [-0.39, 0.29) is 35.3 Å². The van der Waals surface area contributed by atoms with E-state index in [2.05, 4.69) is 9.98 Å². The van der Waals surface area contributed by atoms with Gasteiger partial charge in [-0.1, -0.05) is 23.2 Å². The van der Waals surface area contributed by atoms with Crippen LogP contribution in [0.5, 0.6) is 0 Å². The van der Waals surface area contributed by atoms with Gasteiger partial charge in [-0.3, -0.25) is 9.78 Å². The van der Waals surface area contributed by atoms with E-state index < -0.39 is 17.2 Å². The molecule has 5 nitrogen and oxygen atoms in total. The molecule has 1 atom stereocenters. The van der Waals surface area contributed by atoms with Crippen molar-refractivity contribution in [3.63, 3.8) is 0 Å². The summed E-state index contributed by atoms with van der Waals surface area (Å²) in [7, 11) is 0. The third kappa shape index (κ3) is 5.70. The van der Waals surface area contributed by atoms with Gasteiger partial charge in [0, 0.05) is 24.2 Å². The summed E-state index contributed by atoms with van der Waals surface area (Å²) in [6.07, 6.45) is 0.884. The number of hydrogen-bond acceptors (Lipinski definition) is 6.